The van der Waals surface area contributed by atoms with Crippen molar-refractivity contribution in [2.75, 3.05) is 12.4 Å². The van der Waals surface area contributed by atoms with Crippen molar-refractivity contribution in [1.29, 1.82) is 0 Å². The summed E-state index contributed by atoms with van der Waals surface area (Å²) in [4.78, 5) is 37.8. The predicted octanol–water partition coefficient (Wildman–Crippen LogP) is 4.57. The molecule has 37 heavy (non-hydrogen) atoms. The van der Waals surface area contributed by atoms with E-state index in [-0.39, 0.29) is 18.9 Å². The van der Waals surface area contributed by atoms with Gasteiger partial charge in [0.25, 0.3) is 5.91 Å². The number of fused-ring (bicyclic) bond motifs is 2. The number of ether oxygens (including phenoxy) is 3. The third-order valence-electron chi connectivity index (χ3n) is 6.37. The van der Waals surface area contributed by atoms with Crippen molar-refractivity contribution in [2.45, 2.75) is 31.7 Å². The summed E-state index contributed by atoms with van der Waals surface area (Å²) in [6.45, 7) is 0.349. The molecule has 0 bridgehead atoms. The zero-order valence-electron chi connectivity index (χ0n) is 19.8. The molecule has 0 fully saturated rings. The summed E-state index contributed by atoms with van der Waals surface area (Å²) in [7, 11) is 1.22. The van der Waals surface area contributed by atoms with E-state index in [4.69, 9.17) is 25.8 Å². The van der Waals surface area contributed by atoms with Gasteiger partial charge in [-0.05, 0) is 53.1 Å². The molecule has 2 aliphatic rings. The maximum Gasteiger partial charge on any atom is 0.408 e. The van der Waals surface area contributed by atoms with Crippen LogP contribution in [0.5, 0.6) is 11.5 Å². The van der Waals surface area contributed by atoms with Crippen LogP contribution in [0.15, 0.2) is 60.7 Å². The Labute approximate surface area is 217 Å². The number of esters is 1. The van der Waals surface area contributed by atoms with Crippen LogP contribution in [0.3, 0.4) is 0 Å². The zero-order chi connectivity index (χ0) is 26.1. The Hall–Kier alpha value is -4.24. The fraction of sp³-hybridized carbons (Fsp3) is 0.222. The first-order chi connectivity index (χ1) is 17.8. The van der Waals surface area contributed by atoms with E-state index in [1.165, 1.54) is 7.11 Å². The SMILES string of the molecule is COC(=O)[C@@H]1Cc2cc3c(cc2CN1C(=O)O)OC(c1ccc(OCc2cccc(Cl)c2)cc1)C(=O)N3. The highest BCUT2D eigenvalue weighted by molar-refractivity contribution is 6.30. The van der Waals surface area contributed by atoms with Gasteiger partial charge in [-0.1, -0.05) is 35.9 Å². The molecule has 0 radical (unpaired) electrons. The minimum Gasteiger partial charge on any atom is -0.489 e. The van der Waals surface area contributed by atoms with Gasteiger partial charge in [-0.2, -0.15) is 0 Å². The third-order valence-corrected chi connectivity index (χ3v) is 6.60. The number of nitrogens with zero attached hydrogens (tertiary/aromatic N) is 1. The minimum absolute atomic E-state index is 0.00164. The van der Waals surface area contributed by atoms with E-state index in [1.54, 1.807) is 42.5 Å². The summed E-state index contributed by atoms with van der Waals surface area (Å²) in [5, 5.41) is 13.1. The number of benzene rings is 3. The molecular formula is C27H23ClN2O7. The number of hydrogen-bond acceptors (Lipinski definition) is 6. The number of carbonyl (C=O) groups excluding carboxylic acids is 2. The number of carboxylic acid groups (broad SMARTS) is 1. The molecule has 3 aromatic carbocycles. The molecule has 0 spiro atoms. The number of rotatable bonds is 5. The molecule has 0 saturated carbocycles. The van der Waals surface area contributed by atoms with Crippen molar-refractivity contribution in [3.8, 4) is 11.5 Å². The van der Waals surface area contributed by atoms with Crippen LogP contribution in [0.2, 0.25) is 5.02 Å². The van der Waals surface area contributed by atoms with Crippen LogP contribution in [-0.2, 0) is 33.9 Å². The van der Waals surface area contributed by atoms with Crippen molar-refractivity contribution < 1.29 is 33.7 Å². The Morgan fingerprint density at radius 2 is 1.92 bits per heavy atom. The van der Waals surface area contributed by atoms with Gasteiger partial charge in [0, 0.05) is 17.0 Å². The Bertz CT molecular complexity index is 1380. The Morgan fingerprint density at radius 1 is 1.14 bits per heavy atom. The lowest BCUT2D eigenvalue weighted by molar-refractivity contribution is -0.146. The maximum atomic E-state index is 12.9. The number of halogens is 1. The smallest absolute Gasteiger partial charge is 0.408 e. The van der Waals surface area contributed by atoms with E-state index in [9.17, 15) is 19.5 Å². The lowest BCUT2D eigenvalue weighted by atomic mass is 9.92. The van der Waals surface area contributed by atoms with Crippen molar-refractivity contribution >= 4 is 35.3 Å². The van der Waals surface area contributed by atoms with Crippen LogP contribution in [0.4, 0.5) is 10.5 Å². The Morgan fingerprint density at radius 3 is 2.62 bits per heavy atom. The predicted molar refractivity (Wildman–Crippen MR) is 134 cm³/mol. The lowest BCUT2D eigenvalue weighted by Crippen LogP contribution is -2.48. The van der Waals surface area contributed by atoms with Crippen LogP contribution >= 0.6 is 11.6 Å². The first-order valence-corrected chi connectivity index (χ1v) is 11.9. The number of carbonyl (C=O) groups is 3. The zero-order valence-corrected chi connectivity index (χ0v) is 20.5. The van der Waals surface area contributed by atoms with Crippen molar-refractivity contribution in [1.82, 2.24) is 4.90 Å². The van der Waals surface area contributed by atoms with Crippen LogP contribution in [0.1, 0.15) is 28.4 Å². The topological polar surface area (TPSA) is 114 Å². The Balaban J connectivity index is 1.32. The van der Waals surface area contributed by atoms with Crippen LogP contribution in [0, 0.1) is 0 Å². The quantitative estimate of drug-likeness (QED) is 0.472. The average Bonchev–Trinajstić information content (AvgIpc) is 2.89. The maximum absolute atomic E-state index is 12.9. The van der Waals surface area contributed by atoms with E-state index in [0.29, 0.717) is 39.9 Å². The monoisotopic (exact) mass is 522 g/mol. The van der Waals surface area contributed by atoms with Gasteiger partial charge in [0.15, 0.2) is 0 Å². The van der Waals surface area contributed by atoms with Crippen molar-refractivity contribution in [3.63, 3.8) is 0 Å². The van der Waals surface area contributed by atoms with E-state index >= 15 is 0 Å². The second-order valence-electron chi connectivity index (χ2n) is 8.75. The fourth-order valence-electron chi connectivity index (χ4n) is 4.49. The van der Waals surface area contributed by atoms with E-state index < -0.39 is 24.2 Å². The molecule has 0 saturated heterocycles. The minimum atomic E-state index is -1.22. The van der Waals surface area contributed by atoms with Gasteiger partial charge in [0.05, 0.1) is 19.3 Å². The molecule has 2 amide bonds. The van der Waals surface area contributed by atoms with Crippen molar-refractivity contribution in [2.24, 2.45) is 0 Å². The van der Waals surface area contributed by atoms with Crippen LogP contribution in [-0.4, -0.2) is 41.1 Å². The largest absolute Gasteiger partial charge is 0.489 e. The van der Waals surface area contributed by atoms with Gasteiger partial charge < -0.3 is 24.6 Å². The highest BCUT2D eigenvalue weighted by Gasteiger charge is 2.37. The lowest BCUT2D eigenvalue weighted by Gasteiger charge is -2.34. The van der Waals surface area contributed by atoms with Gasteiger partial charge >= 0.3 is 12.1 Å². The third kappa shape index (κ3) is 5.03. The van der Waals surface area contributed by atoms with Crippen LogP contribution in [0.25, 0.3) is 0 Å². The standard InChI is InChI=1S/C27H23ClN2O7/c1-35-26(32)22-11-17-10-21-23(12-18(17)13-30(22)27(33)34)37-24(25(31)29-21)16-5-7-20(8-6-16)36-14-15-3-2-4-19(28)9-15/h2-10,12,22,24H,11,13-14H2,1H3,(H,29,31)(H,33,34)/t22-,24?/m0/s1. The van der Waals surface area contributed by atoms with E-state index in [2.05, 4.69) is 5.32 Å². The Kier molecular flexibility index (Phi) is 6.62. The summed E-state index contributed by atoms with van der Waals surface area (Å²) in [6.07, 6.45) is -1.98. The summed E-state index contributed by atoms with van der Waals surface area (Å²) >= 11 is 6.01. The number of hydrogen-bond donors (Lipinski definition) is 2. The molecule has 190 valence electrons. The number of nitrogens with one attached hydrogen (secondary N) is 1. The number of methoxy groups -OCH3 is 1. The van der Waals surface area contributed by atoms with Crippen LogP contribution < -0.4 is 14.8 Å². The second kappa shape index (κ2) is 10.0. The number of amides is 2. The first-order valence-electron chi connectivity index (χ1n) is 11.5. The molecule has 0 aliphatic carbocycles. The molecule has 2 atom stereocenters. The summed E-state index contributed by atoms with van der Waals surface area (Å²) in [6, 6.07) is 16.9. The number of anilines is 1. The molecule has 5 rings (SSSR count). The summed E-state index contributed by atoms with van der Waals surface area (Å²) < 4.78 is 16.6. The molecule has 2 N–H and O–H groups in total. The highest BCUT2D eigenvalue weighted by atomic mass is 35.5. The van der Waals surface area contributed by atoms with Gasteiger partial charge in [-0.25, -0.2) is 9.59 Å². The van der Waals surface area contributed by atoms with E-state index in [0.717, 1.165) is 16.0 Å². The first kappa shape index (κ1) is 24.5. The van der Waals surface area contributed by atoms with Gasteiger partial charge in [0.1, 0.15) is 24.1 Å². The molecule has 3 aromatic rings. The summed E-state index contributed by atoms with van der Waals surface area (Å²) in [5.41, 5.74) is 3.48. The summed E-state index contributed by atoms with van der Waals surface area (Å²) in [5.74, 6) is 0.0773. The average molecular weight is 523 g/mol. The molecule has 2 heterocycles. The second-order valence-corrected chi connectivity index (χ2v) is 9.18. The molecule has 2 aliphatic heterocycles. The molecule has 0 aromatic heterocycles. The fourth-order valence-corrected chi connectivity index (χ4v) is 4.70. The normalized spacial score (nSPS) is 18.1. The van der Waals surface area contributed by atoms with E-state index in [1.807, 2.05) is 18.2 Å². The molecular weight excluding hydrogens is 500 g/mol. The molecule has 9 nitrogen and oxygen atoms in total. The molecule has 1 unspecified atom stereocenters. The van der Waals surface area contributed by atoms with Gasteiger partial charge in [-0.15, -0.1) is 0 Å². The van der Waals surface area contributed by atoms with Gasteiger partial charge in [0.2, 0.25) is 6.10 Å². The molecule has 10 heteroatoms. The van der Waals surface area contributed by atoms with Crippen molar-refractivity contribution in [3.05, 3.63) is 87.9 Å². The van der Waals surface area contributed by atoms with Gasteiger partial charge in [-0.3, -0.25) is 9.69 Å². The highest BCUT2D eigenvalue weighted by Crippen LogP contribution is 2.39.